The summed E-state index contributed by atoms with van der Waals surface area (Å²) in [6.07, 6.45) is 3.69. The normalized spacial score (nSPS) is 21.0. The summed E-state index contributed by atoms with van der Waals surface area (Å²) < 4.78 is 0. The number of fused-ring (bicyclic) bond motifs is 2. The number of aromatic amines is 1. The van der Waals surface area contributed by atoms with Crippen LogP contribution in [-0.2, 0) is 13.1 Å². The van der Waals surface area contributed by atoms with Gasteiger partial charge in [0.1, 0.15) is 5.69 Å². The van der Waals surface area contributed by atoms with Gasteiger partial charge >= 0.3 is 0 Å². The van der Waals surface area contributed by atoms with Crippen molar-refractivity contribution in [2.24, 2.45) is 0 Å². The molecule has 1 aliphatic carbocycles. The number of rotatable bonds is 4. The minimum Gasteiger partial charge on any atom is -0.351 e. The molecule has 3 aromatic rings. The number of hydrogen-bond acceptors (Lipinski definition) is 6. The average molecular weight is 523 g/mol. The van der Waals surface area contributed by atoms with E-state index >= 15 is 0 Å². The van der Waals surface area contributed by atoms with Crippen LogP contribution < -0.4 is 10.6 Å². The van der Waals surface area contributed by atoms with Crippen molar-refractivity contribution < 1.29 is 9.59 Å². The molecule has 1 aliphatic heterocycles. The van der Waals surface area contributed by atoms with Crippen LogP contribution in [0.15, 0.2) is 24.3 Å². The minimum atomic E-state index is -0.177. The number of hydrogen-bond donors (Lipinski definition) is 3. The molecule has 0 unspecified atom stereocenters. The number of halogens is 2. The summed E-state index contributed by atoms with van der Waals surface area (Å²) in [6, 6.07) is 7.04. The van der Waals surface area contributed by atoms with Gasteiger partial charge in [-0.3, -0.25) is 9.59 Å². The third-order valence-corrected chi connectivity index (χ3v) is 7.85. The highest BCUT2D eigenvalue weighted by Crippen LogP contribution is 2.27. The topological polar surface area (TPSA) is 93.4 Å². The lowest BCUT2D eigenvalue weighted by molar-refractivity contribution is -0.00171. The molecule has 2 aliphatic rings. The number of thiazole rings is 1. The highest BCUT2D eigenvalue weighted by molar-refractivity contribution is 7.13. The Hall–Kier alpha value is -2.17. The fraction of sp³-hybridized carbons (Fsp3) is 0.435. The molecule has 2 amide bonds. The third kappa shape index (κ3) is 5.08. The third-order valence-electron chi connectivity index (χ3n) is 6.53. The van der Waals surface area contributed by atoms with Crippen LogP contribution in [0.25, 0.3) is 10.9 Å². The van der Waals surface area contributed by atoms with Crippen LogP contribution in [0.4, 0.5) is 0 Å². The first-order valence-corrected chi connectivity index (χ1v) is 12.4. The van der Waals surface area contributed by atoms with Gasteiger partial charge in [0, 0.05) is 53.5 Å². The Labute approximate surface area is 213 Å². The molecular formula is C23H28Cl2N6O2S. The summed E-state index contributed by atoms with van der Waals surface area (Å²) in [5.41, 5.74) is 2.32. The molecule has 1 saturated carbocycles. The summed E-state index contributed by atoms with van der Waals surface area (Å²) in [7, 11) is 4.04. The van der Waals surface area contributed by atoms with Gasteiger partial charge in [-0.25, -0.2) is 15.0 Å². The molecule has 2 aromatic heterocycles. The average Bonchev–Trinajstić information content (AvgIpc) is 3.39. The number of amides is 2. The molecule has 34 heavy (non-hydrogen) atoms. The zero-order chi connectivity index (χ0) is 23.1. The Morgan fingerprint density at radius 3 is 2.47 bits per heavy atom. The molecule has 3 N–H and O–H groups in total. The minimum absolute atomic E-state index is 0. The van der Waals surface area contributed by atoms with Crippen molar-refractivity contribution in [2.45, 2.75) is 50.9 Å². The Morgan fingerprint density at radius 2 is 1.74 bits per heavy atom. The Morgan fingerprint density at radius 1 is 1.06 bits per heavy atom. The van der Waals surface area contributed by atoms with Crippen LogP contribution >= 0.6 is 35.3 Å². The molecule has 0 spiro atoms. The number of hydrazine groups is 1. The second kappa shape index (κ2) is 10.2. The SMILES string of the molecule is CN1Cc2nc(C(=O)N[C@@H]3CCCC[C@@H]3NC(=O)c3cc4cc(Cl)ccc4[nH]3)sc2CN1C.Cl. The summed E-state index contributed by atoms with van der Waals surface area (Å²) >= 11 is 7.52. The van der Waals surface area contributed by atoms with E-state index in [9.17, 15) is 9.59 Å². The van der Waals surface area contributed by atoms with Crippen LogP contribution in [0.1, 0.15) is 56.5 Å². The van der Waals surface area contributed by atoms with Crippen molar-refractivity contribution in [3.05, 3.63) is 50.6 Å². The largest absolute Gasteiger partial charge is 0.351 e. The van der Waals surface area contributed by atoms with E-state index in [-0.39, 0.29) is 36.3 Å². The van der Waals surface area contributed by atoms with E-state index in [1.165, 1.54) is 11.3 Å². The summed E-state index contributed by atoms with van der Waals surface area (Å²) in [5.74, 6) is -0.338. The lowest BCUT2D eigenvalue weighted by atomic mass is 9.90. The van der Waals surface area contributed by atoms with Crippen molar-refractivity contribution in [1.29, 1.82) is 0 Å². The predicted octanol–water partition coefficient (Wildman–Crippen LogP) is 3.96. The maximum Gasteiger partial charge on any atom is 0.280 e. The Bertz CT molecular complexity index is 1180. The monoisotopic (exact) mass is 522 g/mol. The molecule has 2 atom stereocenters. The molecule has 5 rings (SSSR count). The first-order chi connectivity index (χ1) is 15.9. The second-order valence-corrected chi connectivity index (χ2v) is 10.4. The number of aromatic nitrogens is 2. The number of carbonyl (C=O) groups excluding carboxylic acids is 2. The first kappa shape index (κ1) is 24.9. The first-order valence-electron chi connectivity index (χ1n) is 11.2. The zero-order valence-corrected chi connectivity index (χ0v) is 21.4. The summed E-state index contributed by atoms with van der Waals surface area (Å²) in [5, 5.41) is 12.5. The van der Waals surface area contributed by atoms with Gasteiger partial charge in [0.25, 0.3) is 11.8 Å². The maximum absolute atomic E-state index is 13.0. The van der Waals surface area contributed by atoms with E-state index in [0.29, 0.717) is 22.3 Å². The number of nitrogens with zero attached hydrogens (tertiary/aromatic N) is 3. The van der Waals surface area contributed by atoms with Gasteiger partial charge in [0.15, 0.2) is 5.01 Å². The van der Waals surface area contributed by atoms with Gasteiger partial charge < -0.3 is 15.6 Å². The van der Waals surface area contributed by atoms with Gasteiger partial charge in [0.2, 0.25) is 0 Å². The molecular weight excluding hydrogens is 495 g/mol. The summed E-state index contributed by atoms with van der Waals surface area (Å²) in [4.78, 5) is 34.9. The quantitative estimate of drug-likeness (QED) is 0.482. The molecule has 1 fully saturated rings. The van der Waals surface area contributed by atoms with Gasteiger partial charge in [-0.15, -0.1) is 23.7 Å². The predicted molar refractivity (Wildman–Crippen MR) is 137 cm³/mol. The van der Waals surface area contributed by atoms with E-state index in [2.05, 4.69) is 30.6 Å². The second-order valence-electron chi connectivity index (χ2n) is 8.88. The van der Waals surface area contributed by atoms with Crippen molar-refractivity contribution >= 4 is 58.1 Å². The molecule has 8 nitrogen and oxygen atoms in total. The van der Waals surface area contributed by atoms with E-state index < -0.39 is 0 Å². The Kier molecular flexibility index (Phi) is 7.49. The smallest absolute Gasteiger partial charge is 0.280 e. The van der Waals surface area contributed by atoms with Crippen molar-refractivity contribution in [2.75, 3.05) is 14.1 Å². The van der Waals surface area contributed by atoms with E-state index in [1.807, 2.05) is 26.2 Å². The van der Waals surface area contributed by atoms with Crippen molar-refractivity contribution in [3.8, 4) is 0 Å². The van der Waals surface area contributed by atoms with Gasteiger partial charge in [-0.1, -0.05) is 24.4 Å². The number of benzene rings is 1. The van der Waals surface area contributed by atoms with Crippen LogP contribution in [0.3, 0.4) is 0 Å². The summed E-state index contributed by atoms with van der Waals surface area (Å²) in [6.45, 7) is 1.46. The maximum atomic E-state index is 13.0. The molecule has 182 valence electrons. The number of carbonyl (C=O) groups is 2. The molecule has 1 aromatic carbocycles. The molecule has 3 heterocycles. The van der Waals surface area contributed by atoms with E-state index in [4.69, 9.17) is 11.6 Å². The molecule has 0 bridgehead atoms. The lowest BCUT2D eigenvalue weighted by Crippen LogP contribution is -2.53. The number of nitrogens with one attached hydrogen (secondary N) is 3. The van der Waals surface area contributed by atoms with Crippen LogP contribution in [0.2, 0.25) is 5.02 Å². The van der Waals surface area contributed by atoms with Crippen LogP contribution in [0.5, 0.6) is 0 Å². The van der Waals surface area contributed by atoms with Gasteiger partial charge in [-0.2, -0.15) is 0 Å². The zero-order valence-electron chi connectivity index (χ0n) is 19.1. The standard InChI is InChI=1S/C23H27ClN6O2S.ClH/c1-29-11-19-20(12-30(29)2)33-23(28-19)22(32)27-17-6-4-3-5-16(17)26-21(31)18-10-13-9-14(24)7-8-15(13)25-18;/h7-10,16-17,25H,3-6,11-12H2,1-2H3,(H,26,31)(H,27,32);1H/t16-,17+;/m0./s1. The van der Waals surface area contributed by atoms with Crippen molar-refractivity contribution in [3.63, 3.8) is 0 Å². The fourth-order valence-corrected chi connectivity index (χ4v) is 5.77. The Balaban J connectivity index is 0.00000274. The van der Waals surface area contributed by atoms with Crippen molar-refractivity contribution in [1.82, 2.24) is 30.6 Å². The van der Waals surface area contributed by atoms with E-state index in [1.54, 1.807) is 12.1 Å². The lowest BCUT2D eigenvalue weighted by Gasteiger charge is -2.32. The highest BCUT2D eigenvalue weighted by atomic mass is 35.5. The van der Waals surface area contributed by atoms with Gasteiger partial charge in [0.05, 0.1) is 12.2 Å². The highest BCUT2D eigenvalue weighted by Gasteiger charge is 2.31. The van der Waals surface area contributed by atoms with E-state index in [0.717, 1.165) is 53.7 Å². The van der Waals surface area contributed by atoms with Crippen LogP contribution in [-0.4, -0.2) is 58.0 Å². The van der Waals surface area contributed by atoms with Crippen LogP contribution in [0, 0.1) is 0 Å². The van der Waals surface area contributed by atoms with Gasteiger partial charge in [-0.05, 0) is 37.1 Å². The number of H-pyrrole nitrogens is 1. The fourth-order valence-electron chi connectivity index (χ4n) is 4.57. The molecule has 11 heteroatoms. The molecule has 0 saturated heterocycles. The molecule has 0 radical (unpaired) electrons.